The fourth-order valence-corrected chi connectivity index (χ4v) is 2.33. The number of halogens is 2. The smallest absolute Gasteiger partial charge is 0.263 e. The van der Waals surface area contributed by atoms with Crippen LogP contribution in [0.15, 0.2) is 50.3 Å². The van der Waals surface area contributed by atoms with Crippen molar-refractivity contribution in [2.24, 2.45) is 0 Å². The number of furan rings is 1. The van der Waals surface area contributed by atoms with E-state index in [0.29, 0.717) is 21.0 Å². The molecule has 0 aliphatic rings. The van der Waals surface area contributed by atoms with Crippen molar-refractivity contribution in [2.75, 3.05) is 0 Å². The van der Waals surface area contributed by atoms with Crippen molar-refractivity contribution in [3.63, 3.8) is 0 Å². The molecule has 2 aromatic heterocycles. The largest absolute Gasteiger partial charge is 0.493 e. The van der Waals surface area contributed by atoms with E-state index in [2.05, 4.69) is 25.9 Å². The molecular formula is C14H8BrClN2O3. The van der Waals surface area contributed by atoms with Crippen LogP contribution in [-0.4, -0.2) is 15.1 Å². The van der Waals surface area contributed by atoms with Crippen molar-refractivity contribution < 1.29 is 9.52 Å². The molecule has 5 nitrogen and oxygen atoms in total. The second kappa shape index (κ2) is 5.38. The van der Waals surface area contributed by atoms with Crippen LogP contribution in [0.1, 0.15) is 0 Å². The van der Waals surface area contributed by atoms with Gasteiger partial charge in [0.15, 0.2) is 16.3 Å². The number of nitrogens with one attached hydrogen (secondary N) is 1. The van der Waals surface area contributed by atoms with E-state index < -0.39 is 5.56 Å². The Morgan fingerprint density at radius 3 is 2.48 bits per heavy atom. The van der Waals surface area contributed by atoms with Gasteiger partial charge in [0, 0.05) is 5.02 Å². The summed E-state index contributed by atoms with van der Waals surface area (Å²) in [5.74, 6) is 0.126. The molecule has 0 fully saturated rings. The highest BCUT2D eigenvalue weighted by Gasteiger charge is 2.15. The van der Waals surface area contributed by atoms with Crippen LogP contribution in [0.2, 0.25) is 5.02 Å². The molecule has 3 rings (SSSR count). The minimum absolute atomic E-state index is 0.0843. The Morgan fingerprint density at radius 1 is 1.19 bits per heavy atom. The second-order valence-electron chi connectivity index (χ2n) is 4.22. The monoisotopic (exact) mass is 366 g/mol. The molecular weight excluding hydrogens is 360 g/mol. The SMILES string of the molecule is O=c1[nH]c(-c2ccc(Br)o2)nc(O)c1-c1ccc(Cl)cc1. The van der Waals surface area contributed by atoms with Gasteiger partial charge in [0.2, 0.25) is 5.88 Å². The first kappa shape index (κ1) is 13.9. The molecule has 3 aromatic rings. The molecule has 0 atom stereocenters. The van der Waals surface area contributed by atoms with E-state index in [0.717, 1.165) is 0 Å². The summed E-state index contributed by atoms with van der Waals surface area (Å²) in [6, 6.07) is 9.83. The van der Waals surface area contributed by atoms with Crippen molar-refractivity contribution >= 4 is 27.5 Å². The van der Waals surface area contributed by atoms with Gasteiger partial charge in [-0.15, -0.1) is 0 Å². The minimum atomic E-state index is -0.465. The highest BCUT2D eigenvalue weighted by Crippen LogP contribution is 2.28. The molecule has 0 unspecified atom stereocenters. The third-order valence-electron chi connectivity index (χ3n) is 2.84. The van der Waals surface area contributed by atoms with Crippen LogP contribution in [0.25, 0.3) is 22.7 Å². The Hall–Kier alpha value is -2.05. The molecule has 0 amide bonds. The first-order valence-electron chi connectivity index (χ1n) is 5.89. The maximum absolute atomic E-state index is 12.2. The van der Waals surface area contributed by atoms with Gasteiger partial charge in [0.25, 0.3) is 5.56 Å². The number of aromatic hydroxyl groups is 1. The summed E-state index contributed by atoms with van der Waals surface area (Å²) in [5, 5.41) is 10.6. The van der Waals surface area contributed by atoms with Crippen LogP contribution in [-0.2, 0) is 0 Å². The molecule has 2 heterocycles. The Kier molecular flexibility index (Phi) is 3.57. The van der Waals surface area contributed by atoms with Crippen molar-refractivity contribution in [1.29, 1.82) is 0 Å². The van der Waals surface area contributed by atoms with Gasteiger partial charge in [0.1, 0.15) is 5.56 Å². The Morgan fingerprint density at radius 2 is 1.90 bits per heavy atom. The highest BCUT2D eigenvalue weighted by molar-refractivity contribution is 9.10. The molecule has 7 heteroatoms. The normalized spacial score (nSPS) is 10.8. The first-order valence-corrected chi connectivity index (χ1v) is 7.06. The van der Waals surface area contributed by atoms with E-state index in [1.165, 1.54) is 0 Å². The Balaban J connectivity index is 2.12. The zero-order chi connectivity index (χ0) is 15.0. The third-order valence-corrected chi connectivity index (χ3v) is 3.52. The second-order valence-corrected chi connectivity index (χ2v) is 5.44. The lowest BCUT2D eigenvalue weighted by Crippen LogP contribution is -2.11. The maximum atomic E-state index is 12.2. The van der Waals surface area contributed by atoms with Gasteiger partial charge < -0.3 is 14.5 Å². The van der Waals surface area contributed by atoms with Gasteiger partial charge in [-0.3, -0.25) is 4.79 Å². The molecule has 0 aliphatic heterocycles. The number of H-pyrrole nitrogens is 1. The number of rotatable bonds is 2. The average Bonchev–Trinajstić information content (AvgIpc) is 2.87. The summed E-state index contributed by atoms with van der Waals surface area (Å²) in [6.07, 6.45) is 0. The van der Waals surface area contributed by atoms with E-state index >= 15 is 0 Å². The van der Waals surface area contributed by atoms with Crippen molar-refractivity contribution in [3.05, 3.63) is 56.4 Å². The summed E-state index contributed by atoms with van der Waals surface area (Å²) < 4.78 is 5.80. The summed E-state index contributed by atoms with van der Waals surface area (Å²) >= 11 is 8.97. The lowest BCUT2D eigenvalue weighted by Gasteiger charge is -2.05. The number of hydrogen-bond acceptors (Lipinski definition) is 4. The van der Waals surface area contributed by atoms with Crippen LogP contribution < -0.4 is 5.56 Å². The molecule has 0 saturated carbocycles. The predicted molar refractivity (Wildman–Crippen MR) is 82.4 cm³/mol. The number of aromatic amines is 1. The van der Waals surface area contributed by atoms with E-state index in [1.807, 2.05) is 0 Å². The third kappa shape index (κ3) is 2.72. The van der Waals surface area contributed by atoms with Gasteiger partial charge in [-0.2, -0.15) is 4.98 Å². The van der Waals surface area contributed by atoms with Crippen molar-refractivity contribution in [3.8, 4) is 28.6 Å². The highest BCUT2D eigenvalue weighted by atomic mass is 79.9. The van der Waals surface area contributed by atoms with Gasteiger partial charge in [-0.1, -0.05) is 23.7 Å². The first-order chi connectivity index (χ1) is 10.0. The fraction of sp³-hybridized carbons (Fsp3) is 0. The molecule has 0 bridgehead atoms. The standard InChI is InChI=1S/C14H8BrClN2O3/c15-10-6-5-9(21-10)12-17-13(19)11(14(20)18-12)7-1-3-8(16)4-2-7/h1-6H,(H2,17,18,19,20). The zero-order valence-corrected chi connectivity index (χ0v) is 12.8. The van der Waals surface area contributed by atoms with Gasteiger partial charge >= 0.3 is 0 Å². The van der Waals surface area contributed by atoms with Crippen LogP contribution >= 0.6 is 27.5 Å². The predicted octanol–water partition coefficient (Wildman–Crippen LogP) is 3.82. The molecule has 0 aliphatic carbocycles. The van der Waals surface area contributed by atoms with E-state index in [1.54, 1.807) is 36.4 Å². The number of benzene rings is 1. The van der Waals surface area contributed by atoms with E-state index in [4.69, 9.17) is 16.0 Å². The van der Waals surface area contributed by atoms with E-state index in [-0.39, 0.29) is 17.3 Å². The molecule has 0 spiro atoms. The fourth-order valence-electron chi connectivity index (χ4n) is 1.90. The van der Waals surface area contributed by atoms with Gasteiger partial charge in [0.05, 0.1) is 0 Å². The van der Waals surface area contributed by atoms with Crippen LogP contribution in [0.5, 0.6) is 5.88 Å². The zero-order valence-electron chi connectivity index (χ0n) is 10.4. The Bertz CT molecular complexity index is 855. The number of aromatic nitrogens is 2. The average molecular weight is 368 g/mol. The lowest BCUT2D eigenvalue weighted by atomic mass is 10.1. The van der Waals surface area contributed by atoms with Gasteiger partial charge in [-0.25, -0.2) is 0 Å². The summed E-state index contributed by atoms with van der Waals surface area (Å²) in [7, 11) is 0. The molecule has 106 valence electrons. The van der Waals surface area contributed by atoms with E-state index in [9.17, 15) is 9.90 Å². The maximum Gasteiger partial charge on any atom is 0.263 e. The van der Waals surface area contributed by atoms with Crippen molar-refractivity contribution in [1.82, 2.24) is 9.97 Å². The Labute approximate surface area is 132 Å². The van der Waals surface area contributed by atoms with Crippen LogP contribution in [0.4, 0.5) is 0 Å². The van der Waals surface area contributed by atoms with Crippen LogP contribution in [0.3, 0.4) is 0 Å². The van der Waals surface area contributed by atoms with Crippen LogP contribution in [0, 0.1) is 0 Å². The molecule has 21 heavy (non-hydrogen) atoms. The number of nitrogens with zero attached hydrogens (tertiary/aromatic N) is 1. The molecule has 1 aromatic carbocycles. The summed E-state index contributed by atoms with van der Waals surface area (Å²) in [6.45, 7) is 0. The molecule has 0 saturated heterocycles. The van der Waals surface area contributed by atoms with Gasteiger partial charge in [-0.05, 0) is 45.8 Å². The summed E-state index contributed by atoms with van der Waals surface area (Å²) in [4.78, 5) is 18.7. The summed E-state index contributed by atoms with van der Waals surface area (Å²) in [5.41, 5.74) is 0.145. The molecule has 2 N–H and O–H groups in total. The minimum Gasteiger partial charge on any atom is -0.493 e. The number of hydrogen-bond donors (Lipinski definition) is 2. The molecule has 0 radical (unpaired) electrons. The lowest BCUT2D eigenvalue weighted by molar-refractivity contribution is 0.452. The quantitative estimate of drug-likeness (QED) is 0.722. The van der Waals surface area contributed by atoms with Crippen molar-refractivity contribution in [2.45, 2.75) is 0 Å². The topological polar surface area (TPSA) is 79.1 Å².